The van der Waals surface area contributed by atoms with Gasteiger partial charge < -0.3 is 10.1 Å². The monoisotopic (exact) mass is 430 g/mol. The number of rotatable bonds is 8. The molecule has 0 bridgehead atoms. The van der Waals surface area contributed by atoms with Gasteiger partial charge in [-0.25, -0.2) is 0 Å². The molecule has 1 N–H and O–H groups in total. The van der Waals surface area contributed by atoms with Crippen molar-refractivity contribution >= 4 is 5.91 Å². The van der Waals surface area contributed by atoms with Gasteiger partial charge in [-0.15, -0.1) is 0 Å². The molecule has 3 aromatic heterocycles. The van der Waals surface area contributed by atoms with Crippen LogP contribution in [0.25, 0.3) is 22.5 Å². The molecule has 4 rings (SSSR count). The first-order valence-electron chi connectivity index (χ1n) is 10.5. The van der Waals surface area contributed by atoms with E-state index in [1.165, 1.54) is 0 Å². The lowest BCUT2D eigenvalue weighted by molar-refractivity contribution is 0.0951. The van der Waals surface area contributed by atoms with Crippen LogP contribution in [0.15, 0.2) is 61.1 Å². The summed E-state index contributed by atoms with van der Waals surface area (Å²) in [7, 11) is 1.65. The van der Waals surface area contributed by atoms with Gasteiger partial charge in [0.1, 0.15) is 5.75 Å². The van der Waals surface area contributed by atoms with Crippen LogP contribution in [-0.2, 0) is 13.1 Å². The lowest BCUT2D eigenvalue weighted by Gasteiger charge is -2.10. The molecule has 0 spiro atoms. The van der Waals surface area contributed by atoms with E-state index < -0.39 is 0 Å². The van der Waals surface area contributed by atoms with Crippen LogP contribution in [0.4, 0.5) is 0 Å². The summed E-state index contributed by atoms with van der Waals surface area (Å²) >= 11 is 0. The van der Waals surface area contributed by atoms with Crippen LogP contribution in [0.3, 0.4) is 0 Å². The van der Waals surface area contributed by atoms with Crippen LogP contribution in [0.2, 0.25) is 0 Å². The molecule has 0 saturated carbocycles. The molecule has 0 aliphatic heterocycles. The van der Waals surface area contributed by atoms with Gasteiger partial charge >= 0.3 is 0 Å². The molecular weight excluding hydrogens is 404 g/mol. The Morgan fingerprint density at radius 3 is 2.69 bits per heavy atom. The van der Waals surface area contributed by atoms with Gasteiger partial charge in [-0.2, -0.15) is 10.2 Å². The van der Waals surface area contributed by atoms with Crippen LogP contribution < -0.4 is 10.1 Å². The van der Waals surface area contributed by atoms with E-state index in [0.717, 1.165) is 40.5 Å². The first-order chi connectivity index (χ1) is 15.6. The molecule has 1 amide bonds. The van der Waals surface area contributed by atoms with Crippen LogP contribution in [0.1, 0.15) is 23.0 Å². The summed E-state index contributed by atoms with van der Waals surface area (Å²) in [5, 5.41) is 12.1. The molecule has 0 radical (unpaired) electrons. The van der Waals surface area contributed by atoms with Crippen LogP contribution in [0, 0.1) is 6.92 Å². The predicted octanol–water partition coefficient (Wildman–Crippen LogP) is 3.58. The average molecular weight is 431 g/mol. The molecule has 0 atom stereocenters. The highest BCUT2D eigenvalue weighted by Crippen LogP contribution is 2.28. The minimum atomic E-state index is -0.134. The molecule has 0 fully saturated rings. The lowest BCUT2D eigenvalue weighted by atomic mass is 10.1. The maximum Gasteiger partial charge on any atom is 0.254 e. The minimum Gasteiger partial charge on any atom is -0.497 e. The number of aryl methyl sites for hydroxylation is 2. The minimum absolute atomic E-state index is 0.134. The predicted molar refractivity (Wildman–Crippen MR) is 122 cm³/mol. The number of hydrogen-bond donors (Lipinski definition) is 1. The number of amides is 1. The summed E-state index contributed by atoms with van der Waals surface area (Å²) in [4.78, 5) is 16.8. The first-order valence-corrected chi connectivity index (χ1v) is 10.5. The number of aromatic nitrogens is 5. The van der Waals surface area contributed by atoms with Crippen molar-refractivity contribution in [2.45, 2.75) is 26.9 Å². The van der Waals surface area contributed by atoms with Gasteiger partial charge in [0.05, 0.1) is 36.3 Å². The fraction of sp³-hybridized carbons (Fsp3) is 0.250. The number of methoxy groups -OCH3 is 1. The molecule has 1 aromatic carbocycles. The maximum absolute atomic E-state index is 12.6. The number of nitrogens with one attached hydrogen (secondary N) is 1. The van der Waals surface area contributed by atoms with E-state index in [1.54, 1.807) is 30.4 Å². The fourth-order valence-corrected chi connectivity index (χ4v) is 3.53. The summed E-state index contributed by atoms with van der Waals surface area (Å²) in [6.45, 7) is 5.50. The molecule has 8 heteroatoms. The topological polar surface area (TPSA) is 86.9 Å². The highest BCUT2D eigenvalue weighted by Gasteiger charge is 2.15. The van der Waals surface area contributed by atoms with E-state index in [2.05, 4.69) is 15.4 Å². The third-order valence-electron chi connectivity index (χ3n) is 5.23. The van der Waals surface area contributed by atoms with Crippen molar-refractivity contribution in [3.63, 3.8) is 0 Å². The Hall–Kier alpha value is -3.94. The van der Waals surface area contributed by atoms with Crippen molar-refractivity contribution in [3.05, 3.63) is 72.3 Å². The highest BCUT2D eigenvalue weighted by molar-refractivity contribution is 5.95. The summed E-state index contributed by atoms with van der Waals surface area (Å²) in [5.74, 6) is 0.639. The number of ether oxygens (including phenoxy) is 1. The Morgan fingerprint density at radius 1 is 1.12 bits per heavy atom. The summed E-state index contributed by atoms with van der Waals surface area (Å²) in [5.41, 5.74) is 4.99. The van der Waals surface area contributed by atoms with Crippen LogP contribution in [-0.4, -0.2) is 44.1 Å². The largest absolute Gasteiger partial charge is 0.497 e. The SMILES string of the molecule is CCn1cc(C(=O)NCCn2nc(-c3cccnc3)cc2-c2cccc(OC)c2)c(C)n1. The second-order valence-electron chi connectivity index (χ2n) is 7.35. The van der Waals surface area contributed by atoms with E-state index >= 15 is 0 Å². The number of benzene rings is 1. The Bertz CT molecular complexity index is 1210. The Kier molecular flexibility index (Phi) is 6.30. The van der Waals surface area contributed by atoms with Crippen molar-refractivity contribution in [1.82, 2.24) is 29.9 Å². The van der Waals surface area contributed by atoms with Gasteiger partial charge in [-0.05, 0) is 44.2 Å². The van der Waals surface area contributed by atoms with Crippen molar-refractivity contribution in [1.29, 1.82) is 0 Å². The number of carbonyl (C=O) groups excluding carboxylic acids is 1. The zero-order valence-electron chi connectivity index (χ0n) is 18.4. The molecule has 0 unspecified atom stereocenters. The molecule has 3 heterocycles. The van der Waals surface area contributed by atoms with Crippen LogP contribution >= 0.6 is 0 Å². The average Bonchev–Trinajstić information content (AvgIpc) is 3.43. The second-order valence-corrected chi connectivity index (χ2v) is 7.35. The van der Waals surface area contributed by atoms with Gasteiger partial charge in [0.25, 0.3) is 5.91 Å². The highest BCUT2D eigenvalue weighted by atomic mass is 16.5. The van der Waals surface area contributed by atoms with E-state index in [-0.39, 0.29) is 5.91 Å². The Labute approximate surface area is 186 Å². The van der Waals surface area contributed by atoms with Gasteiger partial charge in [0.15, 0.2) is 0 Å². The number of nitrogens with zero attached hydrogens (tertiary/aromatic N) is 5. The van der Waals surface area contributed by atoms with Gasteiger partial charge in [-0.3, -0.25) is 19.1 Å². The van der Waals surface area contributed by atoms with Gasteiger partial charge in [0.2, 0.25) is 0 Å². The summed E-state index contributed by atoms with van der Waals surface area (Å²) < 4.78 is 9.05. The zero-order chi connectivity index (χ0) is 22.5. The smallest absolute Gasteiger partial charge is 0.254 e. The van der Waals surface area contributed by atoms with Crippen molar-refractivity contribution < 1.29 is 9.53 Å². The van der Waals surface area contributed by atoms with Gasteiger partial charge in [-0.1, -0.05) is 12.1 Å². The van der Waals surface area contributed by atoms with Gasteiger partial charge in [0, 0.05) is 42.8 Å². The lowest BCUT2D eigenvalue weighted by Crippen LogP contribution is -2.28. The van der Waals surface area contributed by atoms with E-state index in [4.69, 9.17) is 9.84 Å². The quantitative estimate of drug-likeness (QED) is 0.462. The third-order valence-corrected chi connectivity index (χ3v) is 5.23. The normalized spacial score (nSPS) is 10.8. The maximum atomic E-state index is 12.6. The molecule has 32 heavy (non-hydrogen) atoms. The molecule has 0 aliphatic rings. The van der Waals surface area contributed by atoms with E-state index in [9.17, 15) is 4.79 Å². The van der Waals surface area contributed by atoms with Crippen molar-refractivity contribution in [2.75, 3.05) is 13.7 Å². The molecule has 0 aliphatic carbocycles. The summed E-state index contributed by atoms with van der Waals surface area (Å²) in [6, 6.07) is 13.7. The second kappa shape index (κ2) is 9.47. The summed E-state index contributed by atoms with van der Waals surface area (Å²) in [6.07, 6.45) is 5.31. The zero-order valence-corrected chi connectivity index (χ0v) is 18.4. The molecule has 164 valence electrons. The standard InChI is InChI=1S/C24H26N6O2/c1-4-29-16-21(17(2)27-29)24(31)26-11-12-30-23(18-7-5-9-20(13-18)32-3)14-22(28-30)19-8-6-10-25-15-19/h5-10,13-16H,4,11-12H2,1-3H3,(H,26,31). The number of carbonyl (C=O) groups is 1. The molecule has 4 aromatic rings. The Balaban J connectivity index is 1.57. The fourth-order valence-electron chi connectivity index (χ4n) is 3.53. The third kappa shape index (κ3) is 4.54. The van der Waals surface area contributed by atoms with Crippen LogP contribution in [0.5, 0.6) is 5.75 Å². The molecule has 8 nitrogen and oxygen atoms in total. The first kappa shape index (κ1) is 21.3. The van der Waals surface area contributed by atoms with E-state index in [1.807, 2.05) is 61.0 Å². The molecule has 0 saturated heterocycles. The number of pyridine rings is 1. The molecular formula is C24H26N6O2. The van der Waals surface area contributed by atoms with E-state index in [0.29, 0.717) is 18.7 Å². The number of hydrogen-bond acceptors (Lipinski definition) is 5. The van der Waals surface area contributed by atoms with Crippen molar-refractivity contribution in [2.24, 2.45) is 0 Å². The van der Waals surface area contributed by atoms with Crippen molar-refractivity contribution in [3.8, 4) is 28.3 Å². The Morgan fingerprint density at radius 2 is 1.97 bits per heavy atom.